The van der Waals surface area contributed by atoms with E-state index in [0.29, 0.717) is 30.3 Å². The number of piperidine rings is 2. The largest absolute Gasteiger partial charge is 0.398 e. The number of amides is 2. The summed E-state index contributed by atoms with van der Waals surface area (Å²) in [6.45, 7) is 5.17. The second kappa shape index (κ2) is 8.56. The van der Waals surface area contributed by atoms with Gasteiger partial charge in [0.1, 0.15) is 0 Å². The monoisotopic (exact) mass is 365 g/mol. The van der Waals surface area contributed by atoms with Crippen LogP contribution >= 0.6 is 12.4 Å². The zero-order valence-corrected chi connectivity index (χ0v) is 15.6. The van der Waals surface area contributed by atoms with Crippen molar-refractivity contribution >= 4 is 29.9 Å². The highest BCUT2D eigenvalue weighted by Crippen LogP contribution is 2.24. The van der Waals surface area contributed by atoms with Crippen molar-refractivity contribution in [2.45, 2.75) is 32.6 Å². The van der Waals surface area contributed by atoms with Gasteiger partial charge in [0.15, 0.2) is 0 Å². The van der Waals surface area contributed by atoms with Crippen LogP contribution in [0.5, 0.6) is 0 Å². The maximum atomic E-state index is 12.8. The number of benzene rings is 1. The van der Waals surface area contributed by atoms with Gasteiger partial charge in [-0.25, -0.2) is 0 Å². The van der Waals surface area contributed by atoms with Crippen molar-refractivity contribution in [3.63, 3.8) is 0 Å². The zero-order chi connectivity index (χ0) is 17.1. The van der Waals surface area contributed by atoms with Crippen LogP contribution in [-0.4, -0.2) is 47.8 Å². The number of carbonyl (C=O) groups excluding carboxylic acids is 2. The molecule has 1 unspecified atom stereocenters. The smallest absolute Gasteiger partial charge is 0.255 e. The van der Waals surface area contributed by atoms with Gasteiger partial charge < -0.3 is 15.5 Å². The Morgan fingerprint density at radius 2 is 1.72 bits per heavy atom. The molecule has 3 rings (SSSR count). The normalized spacial score (nSPS) is 21.6. The van der Waals surface area contributed by atoms with Crippen LogP contribution in [0, 0.1) is 11.8 Å². The topological polar surface area (TPSA) is 66.6 Å². The van der Waals surface area contributed by atoms with Crippen molar-refractivity contribution < 1.29 is 9.59 Å². The van der Waals surface area contributed by atoms with E-state index in [4.69, 9.17) is 5.73 Å². The van der Waals surface area contributed by atoms with Gasteiger partial charge in [-0.1, -0.05) is 19.1 Å². The Bertz CT molecular complexity index is 614. The Hall–Kier alpha value is -1.75. The second-order valence-electron chi connectivity index (χ2n) is 7.19. The summed E-state index contributed by atoms with van der Waals surface area (Å²) in [6.07, 6.45) is 3.92. The molecule has 25 heavy (non-hydrogen) atoms. The molecular formula is C19H28ClN3O2. The standard InChI is InChI=1S/C19H27N3O2.ClH/c1-14-8-11-21(12-9-14)18(23)15-5-4-10-22(13-15)19(24)16-6-2-3-7-17(16)20;/h2-3,6-7,14-15H,4-5,8-13,20H2,1H3;1H. The number of nitrogen functional groups attached to an aromatic ring is 1. The van der Waals surface area contributed by atoms with Crippen LogP contribution < -0.4 is 5.73 Å². The minimum atomic E-state index is -0.0685. The molecule has 2 saturated heterocycles. The molecule has 2 aliphatic rings. The summed E-state index contributed by atoms with van der Waals surface area (Å²) in [5.74, 6) is 0.805. The van der Waals surface area contributed by atoms with E-state index in [1.54, 1.807) is 17.0 Å². The van der Waals surface area contributed by atoms with Gasteiger partial charge in [0.25, 0.3) is 5.91 Å². The summed E-state index contributed by atoms with van der Waals surface area (Å²) < 4.78 is 0. The Labute approximate surface area is 155 Å². The van der Waals surface area contributed by atoms with Crippen molar-refractivity contribution in [2.24, 2.45) is 11.8 Å². The minimum absolute atomic E-state index is 0. The lowest BCUT2D eigenvalue weighted by Gasteiger charge is -2.37. The number of hydrogen-bond acceptors (Lipinski definition) is 3. The summed E-state index contributed by atoms with van der Waals surface area (Å²) in [5.41, 5.74) is 6.97. The minimum Gasteiger partial charge on any atom is -0.398 e. The molecule has 2 amide bonds. The predicted octanol–water partition coefficient (Wildman–Crippen LogP) is 2.80. The summed E-state index contributed by atoms with van der Waals surface area (Å²) >= 11 is 0. The highest BCUT2D eigenvalue weighted by molar-refractivity contribution is 5.99. The number of halogens is 1. The maximum Gasteiger partial charge on any atom is 0.255 e. The Kier molecular flexibility index (Phi) is 6.71. The molecule has 1 aromatic rings. The SMILES string of the molecule is CC1CCN(C(=O)C2CCCN(C(=O)c3ccccc3N)C2)CC1.Cl. The molecule has 0 saturated carbocycles. The van der Waals surface area contributed by atoms with Crippen LogP contribution in [-0.2, 0) is 4.79 Å². The van der Waals surface area contributed by atoms with Crippen molar-refractivity contribution in [1.29, 1.82) is 0 Å². The van der Waals surface area contributed by atoms with E-state index in [2.05, 4.69) is 6.92 Å². The third kappa shape index (κ3) is 4.46. The van der Waals surface area contributed by atoms with Gasteiger partial charge in [-0.05, 0) is 43.7 Å². The van der Waals surface area contributed by atoms with Gasteiger partial charge in [-0.3, -0.25) is 9.59 Å². The number of para-hydroxylation sites is 1. The molecule has 2 N–H and O–H groups in total. The fourth-order valence-corrected chi connectivity index (χ4v) is 3.71. The number of anilines is 1. The third-order valence-corrected chi connectivity index (χ3v) is 5.34. The molecule has 0 bridgehead atoms. The molecule has 1 aromatic carbocycles. The molecule has 2 aliphatic heterocycles. The van der Waals surface area contributed by atoms with E-state index in [0.717, 1.165) is 38.8 Å². The summed E-state index contributed by atoms with van der Waals surface area (Å²) in [6, 6.07) is 7.15. The lowest BCUT2D eigenvalue weighted by molar-refractivity contribution is -0.138. The van der Waals surface area contributed by atoms with Crippen LogP contribution in [0.25, 0.3) is 0 Å². The maximum absolute atomic E-state index is 12.8. The lowest BCUT2D eigenvalue weighted by atomic mass is 9.93. The van der Waals surface area contributed by atoms with Crippen molar-refractivity contribution in [3.05, 3.63) is 29.8 Å². The first-order valence-corrected chi connectivity index (χ1v) is 8.99. The second-order valence-corrected chi connectivity index (χ2v) is 7.19. The third-order valence-electron chi connectivity index (χ3n) is 5.34. The van der Waals surface area contributed by atoms with E-state index in [9.17, 15) is 9.59 Å². The number of hydrogen-bond donors (Lipinski definition) is 1. The summed E-state index contributed by atoms with van der Waals surface area (Å²) in [4.78, 5) is 29.3. The Morgan fingerprint density at radius 3 is 2.40 bits per heavy atom. The first kappa shape index (κ1) is 19.6. The molecule has 0 radical (unpaired) electrons. The molecule has 0 aromatic heterocycles. The quantitative estimate of drug-likeness (QED) is 0.819. The molecule has 5 nitrogen and oxygen atoms in total. The average molecular weight is 366 g/mol. The van der Waals surface area contributed by atoms with Gasteiger partial charge in [-0.15, -0.1) is 12.4 Å². The molecule has 2 fully saturated rings. The van der Waals surface area contributed by atoms with Crippen molar-refractivity contribution in [1.82, 2.24) is 9.80 Å². The van der Waals surface area contributed by atoms with E-state index in [1.807, 2.05) is 17.0 Å². The van der Waals surface area contributed by atoms with Crippen LogP contribution in [0.15, 0.2) is 24.3 Å². The molecule has 1 atom stereocenters. The van der Waals surface area contributed by atoms with Gasteiger partial charge in [0.05, 0.1) is 11.5 Å². The first-order chi connectivity index (χ1) is 11.6. The van der Waals surface area contributed by atoms with E-state index in [-0.39, 0.29) is 30.1 Å². The van der Waals surface area contributed by atoms with Gasteiger partial charge in [-0.2, -0.15) is 0 Å². The summed E-state index contributed by atoms with van der Waals surface area (Å²) in [5, 5.41) is 0. The fraction of sp³-hybridized carbons (Fsp3) is 0.579. The number of carbonyl (C=O) groups is 2. The average Bonchev–Trinajstić information content (AvgIpc) is 2.62. The fourth-order valence-electron chi connectivity index (χ4n) is 3.71. The van der Waals surface area contributed by atoms with Crippen LogP contribution in [0.1, 0.15) is 43.0 Å². The van der Waals surface area contributed by atoms with Crippen LogP contribution in [0.3, 0.4) is 0 Å². The lowest BCUT2D eigenvalue weighted by Crippen LogP contribution is -2.48. The van der Waals surface area contributed by atoms with Crippen molar-refractivity contribution in [3.8, 4) is 0 Å². The first-order valence-electron chi connectivity index (χ1n) is 8.99. The van der Waals surface area contributed by atoms with E-state index >= 15 is 0 Å². The van der Waals surface area contributed by atoms with Gasteiger partial charge in [0.2, 0.25) is 5.91 Å². The van der Waals surface area contributed by atoms with E-state index in [1.165, 1.54) is 0 Å². The van der Waals surface area contributed by atoms with E-state index < -0.39 is 0 Å². The molecule has 0 aliphatic carbocycles. The van der Waals surface area contributed by atoms with Crippen LogP contribution in [0.2, 0.25) is 0 Å². The highest BCUT2D eigenvalue weighted by Gasteiger charge is 2.33. The molecule has 0 spiro atoms. The van der Waals surface area contributed by atoms with Gasteiger partial charge in [0, 0.05) is 31.9 Å². The summed E-state index contributed by atoms with van der Waals surface area (Å²) in [7, 11) is 0. The molecule has 2 heterocycles. The number of rotatable bonds is 2. The number of nitrogens with zero attached hydrogens (tertiary/aromatic N) is 2. The highest BCUT2D eigenvalue weighted by atomic mass is 35.5. The van der Waals surface area contributed by atoms with Crippen molar-refractivity contribution in [2.75, 3.05) is 31.9 Å². The number of likely N-dealkylation sites (tertiary alicyclic amines) is 2. The predicted molar refractivity (Wildman–Crippen MR) is 102 cm³/mol. The zero-order valence-electron chi connectivity index (χ0n) is 14.8. The van der Waals surface area contributed by atoms with Crippen LogP contribution in [0.4, 0.5) is 5.69 Å². The Morgan fingerprint density at radius 1 is 1.04 bits per heavy atom. The molecule has 138 valence electrons. The number of nitrogens with two attached hydrogens (primary N) is 1. The van der Waals surface area contributed by atoms with Gasteiger partial charge >= 0.3 is 0 Å². The molecular weight excluding hydrogens is 338 g/mol. The Balaban J connectivity index is 0.00000225. The molecule has 6 heteroatoms.